The molecule has 1 aliphatic carbocycles. The van der Waals surface area contributed by atoms with Gasteiger partial charge in [0.05, 0.1) is 31.4 Å². The zero-order valence-corrected chi connectivity index (χ0v) is 24.5. The summed E-state index contributed by atoms with van der Waals surface area (Å²) in [4.78, 5) is 18.2. The van der Waals surface area contributed by atoms with E-state index in [-0.39, 0.29) is 18.1 Å². The molecule has 2 aromatic heterocycles. The first-order chi connectivity index (χ1) is 19.9. The number of nitrogens with zero attached hydrogens (tertiary/aromatic N) is 3. The molecule has 3 heterocycles. The Kier molecular flexibility index (Phi) is 6.82. The van der Waals surface area contributed by atoms with Crippen LogP contribution < -0.4 is 9.64 Å². The number of benzene rings is 3. The Hall–Kier alpha value is -3.30. The van der Waals surface area contributed by atoms with Crippen molar-refractivity contribution < 1.29 is 19.2 Å². The standard InChI is InChI=1S/C30H22Cl3N3O4S/c31-21-2-1-3-22(32)26(21)27-20(28(40-35-27)15-4-5-15)14-39-18-7-8-19(23(33)11-18)17-12-36(13-17)30-34-24-9-6-16(29(37)38)10-25(24)41-30/h1-3,6-11,15,17H,4-5,12-14H2,(H,37,38). The minimum Gasteiger partial charge on any atom is -0.489 e. The molecule has 3 aromatic carbocycles. The van der Waals surface area contributed by atoms with Crippen LogP contribution in [-0.2, 0) is 6.61 Å². The van der Waals surface area contributed by atoms with Crippen molar-refractivity contribution in [2.24, 2.45) is 0 Å². The number of anilines is 1. The Balaban J connectivity index is 1.05. The van der Waals surface area contributed by atoms with E-state index >= 15 is 0 Å². The van der Waals surface area contributed by atoms with Crippen LogP contribution in [0.2, 0.25) is 15.1 Å². The summed E-state index contributed by atoms with van der Waals surface area (Å²) >= 11 is 21.2. The average molecular weight is 627 g/mol. The van der Waals surface area contributed by atoms with Gasteiger partial charge in [0, 0.05) is 35.5 Å². The molecule has 1 saturated heterocycles. The highest BCUT2D eigenvalue weighted by atomic mass is 35.5. The summed E-state index contributed by atoms with van der Waals surface area (Å²) in [6.45, 7) is 1.80. The van der Waals surface area contributed by atoms with Crippen LogP contribution in [0.3, 0.4) is 0 Å². The largest absolute Gasteiger partial charge is 0.489 e. The predicted molar refractivity (Wildman–Crippen MR) is 161 cm³/mol. The number of fused-ring (bicyclic) bond motifs is 1. The van der Waals surface area contributed by atoms with Crippen molar-refractivity contribution in [3.05, 3.63) is 92.1 Å². The van der Waals surface area contributed by atoms with Crippen LogP contribution in [-0.4, -0.2) is 34.3 Å². The second-order valence-electron chi connectivity index (χ2n) is 10.3. The fourth-order valence-corrected chi connectivity index (χ4v) is 7.07. The van der Waals surface area contributed by atoms with Crippen molar-refractivity contribution in [3.8, 4) is 17.0 Å². The van der Waals surface area contributed by atoms with Crippen LogP contribution >= 0.6 is 46.1 Å². The molecule has 0 amide bonds. The number of carboxylic acid groups (broad SMARTS) is 1. The second kappa shape index (κ2) is 10.5. The van der Waals surface area contributed by atoms with Crippen molar-refractivity contribution >= 4 is 67.5 Å². The predicted octanol–water partition coefficient (Wildman–Crippen LogP) is 8.67. The normalized spacial score (nSPS) is 15.3. The molecule has 2 fully saturated rings. The topological polar surface area (TPSA) is 88.7 Å². The maximum Gasteiger partial charge on any atom is 0.335 e. The minimum absolute atomic E-state index is 0.250. The summed E-state index contributed by atoms with van der Waals surface area (Å²) < 4.78 is 12.8. The number of hydrogen-bond acceptors (Lipinski definition) is 7. The Morgan fingerprint density at radius 1 is 1.02 bits per heavy atom. The van der Waals surface area contributed by atoms with Crippen LogP contribution in [0.4, 0.5) is 5.13 Å². The number of hydrogen-bond donors (Lipinski definition) is 1. The summed E-state index contributed by atoms with van der Waals surface area (Å²) in [5.74, 6) is 1.12. The number of halogens is 3. The lowest BCUT2D eigenvalue weighted by Crippen LogP contribution is -2.45. The van der Waals surface area contributed by atoms with Crippen LogP contribution in [0.1, 0.15) is 51.9 Å². The first-order valence-corrected chi connectivity index (χ1v) is 15.0. The van der Waals surface area contributed by atoms with Gasteiger partial charge in [-0.1, -0.05) is 63.4 Å². The third kappa shape index (κ3) is 5.03. The van der Waals surface area contributed by atoms with E-state index in [1.807, 2.05) is 18.2 Å². The van der Waals surface area contributed by atoms with Crippen molar-refractivity contribution in [2.75, 3.05) is 18.0 Å². The summed E-state index contributed by atoms with van der Waals surface area (Å²) in [6, 6.07) is 16.2. The highest BCUT2D eigenvalue weighted by Gasteiger charge is 2.34. The maximum atomic E-state index is 11.3. The lowest BCUT2D eigenvalue weighted by molar-refractivity contribution is 0.0697. The monoisotopic (exact) mass is 625 g/mol. The highest BCUT2D eigenvalue weighted by molar-refractivity contribution is 7.22. The zero-order valence-electron chi connectivity index (χ0n) is 21.4. The lowest BCUT2D eigenvalue weighted by Gasteiger charge is -2.39. The molecule has 208 valence electrons. The van der Waals surface area contributed by atoms with E-state index in [4.69, 9.17) is 44.1 Å². The zero-order chi connectivity index (χ0) is 28.2. The molecule has 0 spiro atoms. The molecule has 11 heteroatoms. The lowest BCUT2D eigenvalue weighted by atomic mass is 9.92. The van der Waals surface area contributed by atoms with Crippen molar-refractivity contribution in [1.82, 2.24) is 10.1 Å². The number of aromatic carboxylic acids is 1. The number of carboxylic acids is 1. The van der Waals surface area contributed by atoms with Gasteiger partial charge in [0.1, 0.15) is 23.8 Å². The van der Waals surface area contributed by atoms with Gasteiger partial charge in [-0.25, -0.2) is 9.78 Å². The summed E-state index contributed by atoms with van der Waals surface area (Å²) in [6.07, 6.45) is 2.11. The van der Waals surface area contributed by atoms with E-state index in [2.05, 4.69) is 15.0 Å². The first kappa shape index (κ1) is 26.6. The minimum atomic E-state index is -0.942. The summed E-state index contributed by atoms with van der Waals surface area (Å²) in [5, 5.41) is 16.1. The maximum absolute atomic E-state index is 11.3. The first-order valence-electron chi connectivity index (χ1n) is 13.1. The van der Waals surface area contributed by atoms with Crippen molar-refractivity contribution in [1.29, 1.82) is 0 Å². The van der Waals surface area contributed by atoms with Crippen LogP contribution in [0.5, 0.6) is 5.75 Å². The fraction of sp³-hybridized carbons (Fsp3) is 0.233. The van der Waals surface area contributed by atoms with Crippen LogP contribution in [0.25, 0.3) is 21.5 Å². The van der Waals surface area contributed by atoms with Gasteiger partial charge < -0.3 is 19.3 Å². The van der Waals surface area contributed by atoms with E-state index in [9.17, 15) is 9.90 Å². The van der Waals surface area contributed by atoms with Gasteiger partial charge >= 0.3 is 5.97 Å². The third-order valence-electron chi connectivity index (χ3n) is 7.54. The molecule has 1 N–H and O–H groups in total. The van der Waals surface area contributed by atoms with E-state index in [0.717, 1.165) is 58.2 Å². The van der Waals surface area contributed by atoms with E-state index < -0.39 is 5.97 Å². The molecular weight excluding hydrogens is 605 g/mol. The van der Waals surface area contributed by atoms with Gasteiger partial charge in [0.25, 0.3) is 0 Å². The highest BCUT2D eigenvalue weighted by Crippen LogP contribution is 2.46. The molecule has 2 aliphatic rings. The Morgan fingerprint density at radius 3 is 2.51 bits per heavy atom. The number of ether oxygens (including phenoxy) is 1. The number of rotatable bonds is 8. The molecule has 1 aliphatic heterocycles. The van der Waals surface area contributed by atoms with Gasteiger partial charge in [0.2, 0.25) is 0 Å². The molecular formula is C30H22Cl3N3O4S. The fourth-order valence-electron chi connectivity index (χ4n) is 5.14. The Morgan fingerprint density at radius 2 is 1.80 bits per heavy atom. The summed E-state index contributed by atoms with van der Waals surface area (Å²) in [7, 11) is 0. The van der Waals surface area contributed by atoms with Crippen LogP contribution in [0.15, 0.2) is 59.1 Å². The molecule has 1 saturated carbocycles. The molecule has 7 rings (SSSR count). The van der Waals surface area contributed by atoms with E-state index in [1.165, 1.54) is 11.3 Å². The quantitative estimate of drug-likeness (QED) is 0.184. The molecule has 0 radical (unpaired) electrons. The van der Waals surface area contributed by atoms with Gasteiger partial charge in [-0.3, -0.25) is 0 Å². The van der Waals surface area contributed by atoms with Gasteiger partial charge in [-0.15, -0.1) is 0 Å². The average Bonchev–Trinajstić information content (AvgIpc) is 3.54. The third-order valence-corrected chi connectivity index (χ3v) is 9.57. The number of aromatic nitrogens is 2. The molecule has 0 bridgehead atoms. The Bertz CT molecular complexity index is 1790. The smallest absolute Gasteiger partial charge is 0.335 e. The molecule has 0 unspecified atom stereocenters. The van der Waals surface area contributed by atoms with Gasteiger partial charge in [0.15, 0.2) is 5.13 Å². The second-order valence-corrected chi connectivity index (χ2v) is 12.5. The Labute approximate surface area is 254 Å². The van der Waals surface area contributed by atoms with Crippen LogP contribution in [0, 0.1) is 0 Å². The molecule has 7 nitrogen and oxygen atoms in total. The van der Waals surface area contributed by atoms with Crippen molar-refractivity contribution in [2.45, 2.75) is 31.3 Å². The summed E-state index contributed by atoms with van der Waals surface area (Å²) in [5.41, 5.74) is 4.22. The van der Waals surface area contributed by atoms with E-state index in [1.54, 1.807) is 36.4 Å². The molecule has 0 atom stereocenters. The van der Waals surface area contributed by atoms with E-state index in [0.29, 0.717) is 38.0 Å². The number of thiazole rings is 1. The van der Waals surface area contributed by atoms with Crippen molar-refractivity contribution in [3.63, 3.8) is 0 Å². The SMILES string of the molecule is O=C(O)c1ccc2nc(N3CC(c4ccc(OCc5c(-c6c(Cl)cccc6Cl)noc5C5CC5)cc4Cl)C3)sc2c1. The van der Waals surface area contributed by atoms with Gasteiger partial charge in [-0.2, -0.15) is 0 Å². The number of carbonyl (C=O) groups is 1. The van der Waals surface area contributed by atoms with Gasteiger partial charge in [-0.05, 0) is 60.9 Å². The molecule has 5 aromatic rings. The molecule has 41 heavy (non-hydrogen) atoms.